The Morgan fingerprint density at radius 3 is 2.96 bits per heavy atom. The molecule has 1 fully saturated rings. The molecule has 2 atom stereocenters. The van der Waals surface area contributed by atoms with Crippen LogP contribution in [0.15, 0.2) is 43.0 Å². The van der Waals surface area contributed by atoms with Gasteiger partial charge in [-0.15, -0.1) is 0 Å². The van der Waals surface area contributed by atoms with Gasteiger partial charge in [-0.25, -0.2) is 9.37 Å². The highest BCUT2D eigenvalue weighted by Gasteiger charge is 2.30. The topological polar surface area (TPSA) is 58.4 Å². The number of hydrogen-bond acceptors (Lipinski definition) is 3. The van der Waals surface area contributed by atoms with Crippen molar-refractivity contribution in [2.75, 3.05) is 13.1 Å². The molecule has 1 N–H and O–H groups in total. The average molecular weight is 345 g/mol. The van der Waals surface area contributed by atoms with Gasteiger partial charge in [-0.2, -0.15) is 0 Å². The molecular formula is C19H24FN3O2. The number of halogens is 1. The standard InChI is InChI=1S/C19H24FN3O2/c20-17-5-2-1-4-15(17)12-16-13-23(10-7-18(16)24)19(25)6-3-9-22-11-8-21-14-22/h1-2,4-5,8,11,14,16,18,24H,3,6-7,9-10,12-13H2/t16-,18+/m1/s1. The first kappa shape index (κ1) is 17.6. The van der Waals surface area contributed by atoms with Crippen LogP contribution in [-0.2, 0) is 17.8 Å². The zero-order chi connectivity index (χ0) is 17.6. The predicted octanol–water partition coefficient (Wildman–Crippen LogP) is 2.25. The van der Waals surface area contributed by atoms with Gasteiger partial charge in [0.2, 0.25) is 5.91 Å². The molecule has 0 spiro atoms. The molecular weight excluding hydrogens is 321 g/mol. The Morgan fingerprint density at radius 1 is 1.36 bits per heavy atom. The van der Waals surface area contributed by atoms with E-state index in [-0.39, 0.29) is 17.6 Å². The smallest absolute Gasteiger partial charge is 0.222 e. The molecule has 134 valence electrons. The van der Waals surface area contributed by atoms with Gasteiger partial charge in [0.05, 0.1) is 12.4 Å². The SMILES string of the molecule is O=C(CCCn1ccnc1)N1CC[C@H](O)[C@H](Cc2ccccc2F)C1. The highest BCUT2D eigenvalue weighted by Crippen LogP contribution is 2.23. The van der Waals surface area contributed by atoms with E-state index in [4.69, 9.17) is 0 Å². The van der Waals surface area contributed by atoms with E-state index in [9.17, 15) is 14.3 Å². The molecule has 1 aliphatic heterocycles. The third-order valence-corrected chi connectivity index (χ3v) is 4.85. The number of aromatic nitrogens is 2. The molecule has 0 unspecified atom stereocenters. The lowest BCUT2D eigenvalue weighted by molar-refractivity contribution is -0.135. The lowest BCUT2D eigenvalue weighted by Crippen LogP contribution is -2.46. The number of benzene rings is 1. The number of likely N-dealkylation sites (tertiary alicyclic amines) is 1. The van der Waals surface area contributed by atoms with Crippen molar-refractivity contribution in [2.45, 2.75) is 38.3 Å². The van der Waals surface area contributed by atoms with Gasteiger partial charge in [0.1, 0.15) is 5.82 Å². The van der Waals surface area contributed by atoms with Crippen molar-refractivity contribution in [3.05, 3.63) is 54.4 Å². The summed E-state index contributed by atoms with van der Waals surface area (Å²) in [4.78, 5) is 18.2. The summed E-state index contributed by atoms with van der Waals surface area (Å²) < 4.78 is 15.8. The van der Waals surface area contributed by atoms with Crippen LogP contribution < -0.4 is 0 Å². The second-order valence-corrected chi connectivity index (χ2v) is 6.66. The molecule has 5 nitrogen and oxygen atoms in total. The average Bonchev–Trinajstić information content (AvgIpc) is 3.12. The van der Waals surface area contributed by atoms with Crippen LogP contribution in [-0.4, -0.2) is 44.7 Å². The van der Waals surface area contributed by atoms with Gasteiger partial charge in [-0.3, -0.25) is 4.79 Å². The van der Waals surface area contributed by atoms with Crippen LogP contribution in [0.5, 0.6) is 0 Å². The van der Waals surface area contributed by atoms with Crippen LogP contribution in [0.3, 0.4) is 0 Å². The number of aliphatic hydroxyl groups excluding tert-OH is 1. The second kappa shape index (κ2) is 8.25. The Kier molecular flexibility index (Phi) is 5.81. The van der Waals surface area contributed by atoms with Crippen molar-refractivity contribution >= 4 is 5.91 Å². The van der Waals surface area contributed by atoms with E-state index >= 15 is 0 Å². The lowest BCUT2D eigenvalue weighted by Gasteiger charge is -2.36. The van der Waals surface area contributed by atoms with Crippen LogP contribution in [0.2, 0.25) is 0 Å². The third-order valence-electron chi connectivity index (χ3n) is 4.85. The molecule has 3 rings (SSSR count). The van der Waals surface area contributed by atoms with Crippen molar-refractivity contribution in [1.82, 2.24) is 14.5 Å². The van der Waals surface area contributed by atoms with E-state index in [2.05, 4.69) is 4.98 Å². The molecule has 1 aromatic heterocycles. The van der Waals surface area contributed by atoms with Crippen LogP contribution in [0.1, 0.15) is 24.8 Å². The van der Waals surface area contributed by atoms with Gasteiger partial charge in [0, 0.05) is 44.4 Å². The largest absolute Gasteiger partial charge is 0.393 e. The first-order valence-electron chi connectivity index (χ1n) is 8.78. The first-order valence-corrected chi connectivity index (χ1v) is 8.78. The molecule has 0 aliphatic carbocycles. The molecule has 25 heavy (non-hydrogen) atoms. The highest BCUT2D eigenvalue weighted by atomic mass is 19.1. The predicted molar refractivity (Wildman–Crippen MR) is 92.3 cm³/mol. The van der Waals surface area contributed by atoms with Gasteiger partial charge < -0.3 is 14.6 Å². The number of aryl methyl sites for hydroxylation is 1. The maximum absolute atomic E-state index is 13.9. The second-order valence-electron chi connectivity index (χ2n) is 6.66. The van der Waals surface area contributed by atoms with Crippen molar-refractivity contribution in [2.24, 2.45) is 5.92 Å². The Balaban J connectivity index is 1.52. The number of rotatable bonds is 6. The number of piperidine rings is 1. The minimum atomic E-state index is -0.491. The number of aliphatic hydroxyl groups is 1. The fourth-order valence-electron chi connectivity index (χ4n) is 3.38. The Labute approximate surface area is 147 Å². The summed E-state index contributed by atoms with van der Waals surface area (Å²) in [5.74, 6) is -0.271. The van der Waals surface area contributed by atoms with E-state index in [1.165, 1.54) is 6.07 Å². The van der Waals surface area contributed by atoms with Gasteiger partial charge in [0.15, 0.2) is 0 Å². The normalized spacial score (nSPS) is 20.6. The molecule has 6 heteroatoms. The maximum Gasteiger partial charge on any atom is 0.222 e. The Hall–Kier alpha value is -2.21. The maximum atomic E-state index is 13.9. The minimum Gasteiger partial charge on any atom is -0.393 e. The monoisotopic (exact) mass is 345 g/mol. The molecule has 2 aromatic rings. The summed E-state index contributed by atoms with van der Waals surface area (Å²) >= 11 is 0. The fourth-order valence-corrected chi connectivity index (χ4v) is 3.38. The fraction of sp³-hybridized carbons (Fsp3) is 0.474. The van der Waals surface area contributed by atoms with Crippen LogP contribution >= 0.6 is 0 Å². The zero-order valence-corrected chi connectivity index (χ0v) is 14.2. The van der Waals surface area contributed by atoms with E-state index in [1.54, 1.807) is 30.7 Å². The lowest BCUT2D eigenvalue weighted by atomic mass is 9.88. The van der Waals surface area contributed by atoms with Crippen LogP contribution in [0.25, 0.3) is 0 Å². The molecule has 1 amide bonds. The molecule has 2 heterocycles. The minimum absolute atomic E-state index is 0.102. The van der Waals surface area contributed by atoms with Gasteiger partial charge in [0.25, 0.3) is 0 Å². The van der Waals surface area contributed by atoms with Crippen molar-refractivity contribution < 1.29 is 14.3 Å². The van der Waals surface area contributed by atoms with Crippen molar-refractivity contribution in [3.8, 4) is 0 Å². The zero-order valence-electron chi connectivity index (χ0n) is 14.2. The van der Waals surface area contributed by atoms with E-state index in [1.807, 2.05) is 15.7 Å². The third kappa shape index (κ3) is 4.66. The van der Waals surface area contributed by atoms with E-state index in [0.29, 0.717) is 37.9 Å². The Bertz CT molecular complexity index is 690. The van der Waals surface area contributed by atoms with E-state index in [0.717, 1.165) is 13.0 Å². The number of hydrogen-bond donors (Lipinski definition) is 1. The number of nitrogens with zero attached hydrogens (tertiary/aromatic N) is 3. The summed E-state index contributed by atoms with van der Waals surface area (Å²) in [6.45, 7) is 1.82. The van der Waals surface area contributed by atoms with Crippen LogP contribution in [0.4, 0.5) is 4.39 Å². The molecule has 0 saturated carbocycles. The molecule has 1 aromatic carbocycles. The molecule has 0 bridgehead atoms. The summed E-state index contributed by atoms with van der Waals surface area (Å²) in [6.07, 6.45) is 7.08. The molecule has 1 saturated heterocycles. The number of carbonyl (C=O) groups is 1. The van der Waals surface area contributed by atoms with Gasteiger partial charge in [-0.05, 0) is 30.9 Å². The molecule has 0 radical (unpaired) electrons. The van der Waals surface area contributed by atoms with E-state index < -0.39 is 6.10 Å². The number of amides is 1. The quantitative estimate of drug-likeness (QED) is 0.874. The summed E-state index contributed by atoms with van der Waals surface area (Å²) in [5, 5.41) is 10.3. The number of imidazole rings is 1. The summed E-state index contributed by atoms with van der Waals surface area (Å²) in [7, 11) is 0. The summed E-state index contributed by atoms with van der Waals surface area (Å²) in [5.41, 5.74) is 0.598. The highest BCUT2D eigenvalue weighted by molar-refractivity contribution is 5.76. The van der Waals surface area contributed by atoms with Crippen molar-refractivity contribution in [1.29, 1.82) is 0 Å². The van der Waals surface area contributed by atoms with Crippen LogP contribution in [0, 0.1) is 11.7 Å². The van der Waals surface area contributed by atoms with Crippen molar-refractivity contribution in [3.63, 3.8) is 0 Å². The van der Waals surface area contributed by atoms with Gasteiger partial charge in [-0.1, -0.05) is 18.2 Å². The summed E-state index contributed by atoms with van der Waals surface area (Å²) in [6, 6.07) is 6.64. The Morgan fingerprint density at radius 2 is 2.20 bits per heavy atom. The van der Waals surface area contributed by atoms with Gasteiger partial charge >= 0.3 is 0 Å². The first-order chi connectivity index (χ1) is 12.1. The number of carbonyl (C=O) groups excluding carboxylic acids is 1. The molecule has 1 aliphatic rings.